The second-order valence-electron chi connectivity index (χ2n) is 4.35. The second kappa shape index (κ2) is 4.16. The van der Waals surface area contributed by atoms with E-state index in [0.717, 1.165) is 36.8 Å². The lowest BCUT2D eigenvalue weighted by atomic mass is 10.1. The lowest BCUT2D eigenvalue weighted by Crippen LogP contribution is -2.35. The molecule has 0 spiro atoms. The summed E-state index contributed by atoms with van der Waals surface area (Å²) < 4.78 is 0. The number of likely N-dealkylation sites (tertiary alicyclic amines) is 1. The third kappa shape index (κ3) is 1.77. The van der Waals surface area contributed by atoms with Gasteiger partial charge in [0.05, 0.1) is 10.9 Å². The Morgan fingerprint density at radius 3 is 2.94 bits per heavy atom. The summed E-state index contributed by atoms with van der Waals surface area (Å²) >= 11 is 0. The minimum atomic E-state index is 0.0175. The Morgan fingerprint density at radius 1 is 1.29 bits per heavy atom. The van der Waals surface area contributed by atoms with Crippen LogP contribution in [0.2, 0.25) is 0 Å². The Kier molecular flexibility index (Phi) is 2.51. The average Bonchev–Trinajstić information content (AvgIpc) is 2.83. The molecule has 0 radical (unpaired) electrons. The largest absolute Gasteiger partial charge is 0.337 e. The van der Waals surface area contributed by atoms with Crippen LogP contribution in [0.1, 0.15) is 29.8 Å². The molecule has 1 N–H and O–H groups in total. The van der Waals surface area contributed by atoms with Gasteiger partial charge in [-0.1, -0.05) is 0 Å². The number of aromatic nitrogens is 3. The van der Waals surface area contributed by atoms with Gasteiger partial charge in [-0.3, -0.25) is 14.9 Å². The second-order valence-corrected chi connectivity index (χ2v) is 4.35. The predicted molar refractivity (Wildman–Crippen MR) is 63.6 cm³/mol. The van der Waals surface area contributed by atoms with E-state index in [9.17, 15) is 4.79 Å². The highest BCUT2D eigenvalue weighted by molar-refractivity contribution is 6.04. The molecule has 1 aliphatic rings. The van der Waals surface area contributed by atoms with Crippen molar-refractivity contribution in [1.82, 2.24) is 20.1 Å². The van der Waals surface area contributed by atoms with Crippen LogP contribution in [0.25, 0.3) is 10.9 Å². The summed E-state index contributed by atoms with van der Waals surface area (Å²) in [6, 6.07) is 1.83. The van der Waals surface area contributed by atoms with Gasteiger partial charge in [0.2, 0.25) is 0 Å². The molecule has 2 aromatic heterocycles. The van der Waals surface area contributed by atoms with Gasteiger partial charge >= 0.3 is 0 Å². The zero-order valence-corrected chi connectivity index (χ0v) is 9.52. The van der Waals surface area contributed by atoms with Crippen molar-refractivity contribution in [1.29, 1.82) is 0 Å². The number of rotatable bonds is 1. The highest BCUT2D eigenvalue weighted by Gasteiger charge is 2.22. The van der Waals surface area contributed by atoms with Crippen LogP contribution in [0.5, 0.6) is 0 Å². The number of nitrogens with one attached hydrogen (secondary N) is 1. The van der Waals surface area contributed by atoms with Crippen LogP contribution in [0.4, 0.5) is 0 Å². The first-order valence-corrected chi connectivity index (χ1v) is 5.93. The van der Waals surface area contributed by atoms with Gasteiger partial charge in [0.1, 0.15) is 0 Å². The number of hydrogen-bond acceptors (Lipinski definition) is 3. The number of piperidine rings is 1. The van der Waals surface area contributed by atoms with Gasteiger partial charge in [-0.15, -0.1) is 0 Å². The molecule has 1 aliphatic heterocycles. The molecule has 1 amide bonds. The summed E-state index contributed by atoms with van der Waals surface area (Å²) in [5.74, 6) is 0.0175. The fourth-order valence-electron chi connectivity index (χ4n) is 2.27. The summed E-state index contributed by atoms with van der Waals surface area (Å²) in [5.41, 5.74) is 1.36. The van der Waals surface area contributed by atoms with E-state index in [1.165, 1.54) is 6.42 Å². The first kappa shape index (κ1) is 10.3. The number of carbonyl (C=O) groups is 1. The molecule has 3 rings (SSSR count). The van der Waals surface area contributed by atoms with Gasteiger partial charge in [-0.05, 0) is 25.3 Å². The lowest BCUT2D eigenvalue weighted by molar-refractivity contribution is 0.0720. The molecule has 0 atom stereocenters. The van der Waals surface area contributed by atoms with E-state index in [0.29, 0.717) is 5.69 Å². The minimum Gasteiger partial charge on any atom is -0.337 e. The maximum Gasteiger partial charge on any atom is 0.275 e. The van der Waals surface area contributed by atoms with Crippen molar-refractivity contribution >= 4 is 16.8 Å². The molecule has 0 bridgehead atoms. The van der Waals surface area contributed by atoms with Crippen LogP contribution >= 0.6 is 0 Å². The number of amides is 1. The van der Waals surface area contributed by atoms with Gasteiger partial charge in [0.25, 0.3) is 5.91 Å². The number of hydrogen-bond donors (Lipinski definition) is 1. The van der Waals surface area contributed by atoms with Crippen LogP contribution in [0.3, 0.4) is 0 Å². The minimum absolute atomic E-state index is 0.0175. The number of H-pyrrole nitrogens is 1. The highest BCUT2D eigenvalue weighted by Crippen LogP contribution is 2.18. The molecule has 1 saturated heterocycles. The molecule has 0 aliphatic carbocycles. The molecule has 17 heavy (non-hydrogen) atoms. The Labute approximate surface area is 98.8 Å². The molecular weight excluding hydrogens is 216 g/mol. The molecule has 1 fully saturated rings. The molecular formula is C12H14N4O. The predicted octanol–water partition coefficient (Wildman–Crippen LogP) is 1.58. The summed E-state index contributed by atoms with van der Waals surface area (Å²) in [6.45, 7) is 1.68. The normalized spacial score (nSPS) is 16.4. The van der Waals surface area contributed by atoms with E-state index >= 15 is 0 Å². The van der Waals surface area contributed by atoms with E-state index in [-0.39, 0.29) is 5.91 Å². The third-order valence-electron chi connectivity index (χ3n) is 3.21. The molecule has 2 aromatic rings. The SMILES string of the molecule is O=C(c1n[nH]c2ccncc12)N1CCCCC1. The summed E-state index contributed by atoms with van der Waals surface area (Å²) in [6.07, 6.45) is 6.77. The monoisotopic (exact) mass is 230 g/mol. The van der Waals surface area contributed by atoms with Gasteiger partial charge in [-0.2, -0.15) is 5.10 Å². The van der Waals surface area contributed by atoms with E-state index in [1.54, 1.807) is 12.4 Å². The zero-order valence-electron chi connectivity index (χ0n) is 9.52. The number of aromatic amines is 1. The molecule has 3 heterocycles. The van der Waals surface area contributed by atoms with Crippen molar-refractivity contribution < 1.29 is 4.79 Å². The van der Waals surface area contributed by atoms with Crippen LogP contribution in [0.15, 0.2) is 18.5 Å². The number of nitrogens with zero attached hydrogens (tertiary/aromatic N) is 3. The molecule has 0 unspecified atom stereocenters. The summed E-state index contributed by atoms with van der Waals surface area (Å²) in [7, 11) is 0. The third-order valence-corrected chi connectivity index (χ3v) is 3.21. The van der Waals surface area contributed by atoms with Crippen molar-refractivity contribution in [2.24, 2.45) is 0 Å². The zero-order chi connectivity index (χ0) is 11.7. The lowest BCUT2D eigenvalue weighted by Gasteiger charge is -2.25. The van der Waals surface area contributed by atoms with Crippen molar-refractivity contribution in [3.05, 3.63) is 24.2 Å². The van der Waals surface area contributed by atoms with Crippen LogP contribution in [0, 0.1) is 0 Å². The van der Waals surface area contributed by atoms with Gasteiger partial charge < -0.3 is 4.90 Å². The van der Waals surface area contributed by atoms with Crippen LogP contribution in [-0.4, -0.2) is 39.1 Å². The molecule has 5 nitrogen and oxygen atoms in total. The molecule has 0 aromatic carbocycles. The van der Waals surface area contributed by atoms with Crippen LogP contribution < -0.4 is 0 Å². The quantitative estimate of drug-likeness (QED) is 0.809. The summed E-state index contributed by atoms with van der Waals surface area (Å²) in [4.78, 5) is 18.2. The summed E-state index contributed by atoms with van der Waals surface area (Å²) in [5, 5.41) is 7.79. The van der Waals surface area contributed by atoms with E-state index in [1.807, 2.05) is 11.0 Å². The topological polar surface area (TPSA) is 61.9 Å². The van der Waals surface area contributed by atoms with E-state index in [2.05, 4.69) is 15.2 Å². The number of fused-ring (bicyclic) bond motifs is 1. The van der Waals surface area contributed by atoms with Crippen molar-refractivity contribution in [3.63, 3.8) is 0 Å². The van der Waals surface area contributed by atoms with Crippen molar-refractivity contribution in [3.8, 4) is 0 Å². The van der Waals surface area contributed by atoms with Gasteiger partial charge in [0, 0.05) is 25.5 Å². The van der Waals surface area contributed by atoms with Crippen LogP contribution in [-0.2, 0) is 0 Å². The van der Waals surface area contributed by atoms with Gasteiger partial charge in [0.15, 0.2) is 5.69 Å². The number of carbonyl (C=O) groups excluding carboxylic acids is 1. The van der Waals surface area contributed by atoms with E-state index < -0.39 is 0 Å². The Hall–Kier alpha value is -1.91. The van der Waals surface area contributed by atoms with Crippen molar-refractivity contribution in [2.45, 2.75) is 19.3 Å². The first-order valence-electron chi connectivity index (χ1n) is 5.93. The average molecular weight is 230 g/mol. The maximum absolute atomic E-state index is 12.3. The molecule has 0 saturated carbocycles. The molecule has 88 valence electrons. The van der Waals surface area contributed by atoms with Crippen molar-refractivity contribution in [2.75, 3.05) is 13.1 Å². The first-order chi connectivity index (χ1) is 8.36. The number of pyridine rings is 1. The van der Waals surface area contributed by atoms with E-state index in [4.69, 9.17) is 0 Å². The smallest absolute Gasteiger partial charge is 0.275 e. The Balaban J connectivity index is 1.95. The standard InChI is InChI=1S/C12H14N4O/c17-12(16-6-2-1-3-7-16)11-9-8-13-5-4-10(9)14-15-11/h4-5,8H,1-3,6-7H2,(H,14,15). The molecule has 5 heteroatoms. The maximum atomic E-state index is 12.3. The Morgan fingerprint density at radius 2 is 2.12 bits per heavy atom. The fraction of sp³-hybridized carbons (Fsp3) is 0.417. The highest BCUT2D eigenvalue weighted by atomic mass is 16.2. The Bertz CT molecular complexity index is 542. The van der Waals surface area contributed by atoms with Gasteiger partial charge in [-0.25, -0.2) is 0 Å². The fourth-order valence-corrected chi connectivity index (χ4v) is 2.27.